The van der Waals surface area contributed by atoms with Gasteiger partial charge in [-0.05, 0) is 43.3 Å². The third-order valence-corrected chi connectivity index (χ3v) is 4.02. The van der Waals surface area contributed by atoms with Crippen molar-refractivity contribution < 1.29 is 23.9 Å². The fourth-order valence-electron chi connectivity index (χ4n) is 2.66. The SMILES string of the molecule is CCOc1cc([N+](=O)[O-])c(C(=O)Nc2ccc(Oc3ccncc3)cc2)cc1OC. The molecule has 0 fully saturated rings. The van der Waals surface area contributed by atoms with Gasteiger partial charge in [0.15, 0.2) is 11.5 Å². The number of nitro groups is 1. The quantitative estimate of drug-likeness (QED) is 0.432. The number of amides is 1. The first-order valence-electron chi connectivity index (χ1n) is 9.00. The number of anilines is 1. The Kier molecular flexibility index (Phi) is 6.43. The smallest absolute Gasteiger partial charge is 0.286 e. The van der Waals surface area contributed by atoms with Crippen LogP contribution in [0.5, 0.6) is 23.0 Å². The van der Waals surface area contributed by atoms with Crippen LogP contribution in [0.15, 0.2) is 60.9 Å². The van der Waals surface area contributed by atoms with E-state index in [0.717, 1.165) is 0 Å². The molecule has 0 unspecified atom stereocenters. The number of pyridine rings is 1. The number of nitrogens with zero attached hydrogens (tertiary/aromatic N) is 2. The van der Waals surface area contributed by atoms with Crippen LogP contribution in [-0.4, -0.2) is 29.5 Å². The molecule has 1 amide bonds. The van der Waals surface area contributed by atoms with Gasteiger partial charge in [-0.3, -0.25) is 19.9 Å². The molecular weight excluding hydrogens is 390 g/mol. The fourth-order valence-corrected chi connectivity index (χ4v) is 2.66. The Morgan fingerprint density at radius 2 is 1.73 bits per heavy atom. The highest BCUT2D eigenvalue weighted by Crippen LogP contribution is 2.35. The molecule has 3 aromatic rings. The highest BCUT2D eigenvalue weighted by molar-refractivity contribution is 6.07. The van der Waals surface area contributed by atoms with Crippen molar-refractivity contribution in [2.45, 2.75) is 6.92 Å². The molecule has 9 nitrogen and oxygen atoms in total. The molecule has 1 heterocycles. The maximum atomic E-state index is 12.7. The number of hydrogen-bond acceptors (Lipinski definition) is 7. The van der Waals surface area contributed by atoms with E-state index in [1.54, 1.807) is 55.7 Å². The maximum Gasteiger partial charge on any atom is 0.286 e. The van der Waals surface area contributed by atoms with Crippen LogP contribution in [0.4, 0.5) is 11.4 Å². The predicted octanol–water partition coefficient (Wildman–Crippen LogP) is 4.44. The molecule has 154 valence electrons. The molecule has 1 aromatic heterocycles. The summed E-state index contributed by atoms with van der Waals surface area (Å²) in [6.45, 7) is 2.04. The van der Waals surface area contributed by atoms with E-state index in [0.29, 0.717) is 23.8 Å². The largest absolute Gasteiger partial charge is 0.493 e. The third kappa shape index (κ3) is 4.82. The van der Waals surface area contributed by atoms with E-state index >= 15 is 0 Å². The number of methoxy groups -OCH3 is 1. The minimum atomic E-state index is -0.647. The topological polar surface area (TPSA) is 113 Å². The number of nitro benzene ring substituents is 1. The van der Waals surface area contributed by atoms with Gasteiger partial charge in [0.25, 0.3) is 11.6 Å². The Bertz CT molecular complexity index is 1040. The second-order valence-corrected chi connectivity index (χ2v) is 5.97. The van der Waals surface area contributed by atoms with Gasteiger partial charge < -0.3 is 19.5 Å². The lowest BCUT2D eigenvalue weighted by Gasteiger charge is -2.12. The molecule has 0 saturated carbocycles. The Morgan fingerprint density at radius 1 is 1.07 bits per heavy atom. The van der Waals surface area contributed by atoms with Gasteiger partial charge in [-0.25, -0.2) is 0 Å². The zero-order valence-electron chi connectivity index (χ0n) is 16.3. The molecule has 3 rings (SSSR count). The maximum absolute atomic E-state index is 12.7. The average molecular weight is 409 g/mol. The van der Waals surface area contributed by atoms with Crippen molar-refractivity contribution in [2.24, 2.45) is 0 Å². The summed E-state index contributed by atoms with van der Waals surface area (Å²) in [4.78, 5) is 27.4. The molecular formula is C21H19N3O6. The number of aromatic nitrogens is 1. The second-order valence-electron chi connectivity index (χ2n) is 5.97. The zero-order chi connectivity index (χ0) is 21.5. The van der Waals surface area contributed by atoms with Crippen molar-refractivity contribution in [2.75, 3.05) is 19.0 Å². The second kappa shape index (κ2) is 9.37. The van der Waals surface area contributed by atoms with Crippen LogP contribution < -0.4 is 19.5 Å². The summed E-state index contributed by atoms with van der Waals surface area (Å²) in [5, 5.41) is 14.1. The van der Waals surface area contributed by atoms with E-state index in [1.807, 2.05) is 0 Å². The molecule has 9 heteroatoms. The monoisotopic (exact) mass is 409 g/mol. The molecule has 0 saturated heterocycles. The lowest BCUT2D eigenvalue weighted by atomic mass is 10.1. The summed E-state index contributed by atoms with van der Waals surface area (Å²) in [5.74, 6) is 0.965. The number of ether oxygens (including phenoxy) is 3. The van der Waals surface area contributed by atoms with E-state index in [9.17, 15) is 14.9 Å². The Labute approximate surface area is 172 Å². The number of carbonyl (C=O) groups is 1. The van der Waals surface area contributed by atoms with Gasteiger partial charge in [-0.15, -0.1) is 0 Å². The number of rotatable bonds is 8. The number of hydrogen-bond donors (Lipinski definition) is 1. The molecule has 2 aromatic carbocycles. The Balaban J connectivity index is 1.80. The van der Waals surface area contributed by atoms with Gasteiger partial charge in [0.1, 0.15) is 17.1 Å². The van der Waals surface area contributed by atoms with Crippen molar-refractivity contribution in [3.05, 3.63) is 76.6 Å². The normalized spacial score (nSPS) is 10.2. The first-order chi connectivity index (χ1) is 14.5. The van der Waals surface area contributed by atoms with E-state index in [2.05, 4.69) is 10.3 Å². The molecule has 1 N–H and O–H groups in total. The highest BCUT2D eigenvalue weighted by atomic mass is 16.6. The van der Waals surface area contributed by atoms with Crippen LogP contribution in [0, 0.1) is 10.1 Å². The lowest BCUT2D eigenvalue weighted by molar-refractivity contribution is -0.385. The van der Waals surface area contributed by atoms with Gasteiger partial charge in [-0.1, -0.05) is 0 Å². The number of benzene rings is 2. The first-order valence-corrected chi connectivity index (χ1v) is 9.00. The van der Waals surface area contributed by atoms with Gasteiger partial charge in [0.05, 0.1) is 24.7 Å². The summed E-state index contributed by atoms with van der Waals surface area (Å²) in [6.07, 6.45) is 3.23. The molecule has 0 aliphatic rings. The van der Waals surface area contributed by atoms with Crippen molar-refractivity contribution in [3.8, 4) is 23.0 Å². The van der Waals surface area contributed by atoms with Crippen LogP contribution in [0.2, 0.25) is 0 Å². The van der Waals surface area contributed by atoms with Gasteiger partial charge in [-0.2, -0.15) is 0 Å². The lowest BCUT2D eigenvalue weighted by Crippen LogP contribution is -2.14. The molecule has 0 atom stereocenters. The molecule has 0 aliphatic carbocycles. The summed E-state index contributed by atoms with van der Waals surface area (Å²) < 4.78 is 16.2. The molecule has 0 bridgehead atoms. The molecule has 0 aliphatic heterocycles. The molecule has 0 spiro atoms. The molecule has 30 heavy (non-hydrogen) atoms. The number of carbonyl (C=O) groups excluding carboxylic acids is 1. The van der Waals surface area contributed by atoms with Gasteiger partial charge in [0.2, 0.25) is 0 Å². The average Bonchev–Trinajstić information content (AvgIpc) is 2.75. The Hall–Kier alpha value is -4.14. The fraction of sp³-hybridized carbons (Fsp3) is 0.143. The van der Waals surface area contributed by atoms with Gasteiger partial charge >= 0.3 is 0 Å². The summed E-state index contributed by atoms with van der Waals surface area (Å²) in [7, 11) is 1.40. The van der Waals surface area contributed by atoms with Crippen LogP contribution in [0.1, 0.15) is 17.3 Å². The zero-order valence-corrected chi connectivity index (χ0v) is 16.3. The van der Waals surface area contributed by atoms with E-state index < -0.39 is 10.8 Å². The van der Waals surface area contributed by atoms with Crippen molar-refractivity contribution >= 4 is 17.3 Å². The van der Waals surface area contributed by atoms with E-state index in [1.165, 1.54) is 19.2 Å². The summed E-state index contributed by atoms with van der Waals surface area (Å²) in [5.41, 5.74) is -0.0731. The Morgan fingerprint density at radius 3 is 2.33 bits per heavy atom. The standard InChI is InChI=1S/C21H19N3O6/c1-3-29-20-13-18(24(26)27)17(12-19(20)28-2)21(25)23-14-4-6-15(7-5-14)30-16-8-10-22-11-9-16/h4-13H,3H2,1-2H3,(H,23,25). The van der Waals surface area contributed by atoms with Crippen LogP contribution in [0.25, 0.3) is 0 Å². The van der Waals surface area contributed by atoms with E-state index in [-0.39, 0.29) is 22.7 Å². The highest BCUT2D eigenvalue weighted by Gasteiger charge is 2.25. The van der Waals surface area contributed by atoms with Crippen LogP contribution >= 0.6 is 0 Å². The minimum absolute atomic E-state index is 0.141. The van der Waals surface area contributed by atoms with Crippen molar-refractivity contribution in [3.63, 3.8) is 0 Å². The molecule has 0 radical (unpaired) electrons. The summed E-state index contributed by atoms with van der Waals surface area (Å²) >= 11 is 0. The summed E-state index contributed by atoms with van der Waals surface area (Å²) in [6, 6.07) is 12.5. The predicted molar refractivity (Wildman–Crippen MR) is 110 cm³/mol. The minimum Gasteiger partial charge on any atom is -0.493 e. The van der Waals surface area contributed by atoms with Gasteiger partial charge in [0, 0.05) is 24.1 Å². The number of nitrogens with one attached hydrogen (secondary N) is 1. The van der Waals surface area contributed by atoms with Crippen LogP contribution in [0.3, 0.4) is 0 Å². The van der Waals surface area contributed by atoms with Crippen molar-refractivity contribution in [1.29, 1.82) is 0 Å². The third-order valence-electron chi connectivity index (χ3n) is 4.02. The van der Waals surface area contributed by atoms with Crippen LogP contribution in [-0.2, 0) is 0 Å². The first kappa shape index (κ1) is 20.6. The van der Waals surface area contributed by atoms with E-state index in [4.69, 9.17) is 14.2 Å². The van der Waals surface area contributed by atoms with Crippen molar-refractivity contribution in [1.82, 2.24) is 4.98 Å².